The van der Waals surface area contributed by atoms with Gasteiger partial charge < -0.3 is 14.8 Å². The molecule has 13 heteroatoms. The van der Waals surface area contributed by atoms with Gasteiger partial charge in [-0.05, 0) is 51.8 Å². The van der Waals surface area contributed by atoms with Crippen molar-refractivity contribution in [2.75, 3.05) is 7.11 Å². The Hall–Kier alpha value is -2.64. The topological polar surface area (TPSA) is 90.7 Å². The summed E-state index contributed by atoms with van der Waals surface area (Å²) >= 11 is 9.28. The molecule has 0 bridgehead atoms. The molecule has 0 spiro atoms. The number of hydrogen-bond acceptors (Lipinski definition) is 7. The third-order valence-electron chi connectivity index (χ3n) is 3.89. The molecule has 0 atom stereocenters. The van der Waals surface area contributed by atoms with E-state index in [1.54, 1.807) is 12.1 Å². The molecule has 1 aliphatic heterocycles. The number of carbonyl (C=O) groups is 1. The summed E-state index contributed by atoms with van der Waals surface area (Å²) in [5.74, 6) is -0.627. The van der Waals surface area contributed by atoms with Crippen molar-refractivity contribution in [3.63, 3.8) is 0 Å². The molecule has 31 heavy (non-hydrogen) atoms. The van der Waals surface area contributed by atoms with Crippen LogP contribution in [0.4, 0.5) is 18.9 Å². The summed E-state index contributed by atoms with van der Waals surface area (Å²) in [4.78, 5) is 22.5. The summed E-state index contributed by atoms with van der Waals surface area (Å²) in [6.07, 6.45) is -3.19. The van der Waals surface area contributed by atoms with Crippen molar-refractivity contribution < 1.29 is 32.4 Å². The number of alkyl halides is 3. The van der Waals surface area contributed by atoms with Crippen LogP contribution in [0.25, 0.3) is 6.08 Å². The fourth-order valence-electron chi connectivity index (χ4n) is 2.53. The quantitative estimate of drug-likeness (QED) is 0.229. The van der Waals surface area contributed by atoms with Crippen LogP contribution >= 0.6 is 39.9 Å². The first kappa shape index (κ1) is 23.0. The van der Waals surface area contributed by atoms with Crippen molar-refractivity contribution in [3.8, 4) is 17.2 Å². The van der Waals surface area contributed by atoms with Crippen LogP contribution in [0.3, 0.4) is 0 Å². The highest BCUT2D eigenvalue weighted by Gasteiger charge is 2.33. The molecule has 7 nitrogen and oxygen atoms in total. The fourth-order valence-corrected chi connectivity index (χ4v) is 4.11. The maximum absolute atomic E-state index is 12.9. The number of nitro benzene ring substituents is 1. The van der Waals surface area contributed by atoms with Crippen molar-refractivity contribution in [1.29, 1.82) is 0 Å². The van der Waals surface area contributed by atoms with Crippen LogP contribution in [0.2, 0.25) is 0 Å². The number of amides is 1. The van der Waals surface area contributed by atoms with Gasteiger partial charge in [0, 0.05) is 6.07 Å². The van der Waals surface area contributed by atoms with Crippen molar-refractivity contribution >= 4 is 61.9 Å². The lowest BCUT2D eigenvalue weighted by Crippen LogP contribution is -2.17. The minimum Gasteiger partial charge on any atom is -0.493 e. The standard InChI is InChI=1S/C18H10BrF3N2O5S2/c1-28-13-5-8(6-14-16(25)23-17(30)31-14)4-10(19)15(13)29-12-3-2-9(18(20,21)22)7-11(12)24(26)27/h2-7H,1H3,(H,23,25,30)/b14-6-. The second-order valence-corrected chi connectivity index (χ2v) is 8.50. The number of benzene rings is 2. The van der Waals surface area contributed by atoms with E-state index in [-0.39, 0.29) is 17.4 Å². The van der Waals surface area contributed by atoms with E-state index in [4.69, 9.17) is 21.7 Å². The van der Waals surface area contributed by atoms with Crippen LogP contribution in [0, 0.1) is 10.1 Å². The Bertz CT molecular complexity index is 1140. The molecule has 1 aliphatic rings. The molecule has 0 aliphatic carbocycles. The Morgan fingerprint density at radius 1 is 1.26 bits per heavy atom. The van der Waals surface area contributed by atoms with E-state index in [9.17, 15) is 28.1 Å². The number of hydrogen-bond donors (Lipinski definition) is 1. The van der Waals surface area contributed by atoms with Gasteiger partial charge in [0.15, 0.2) is 11.5 Å². The van der Waals surface area contributed by atoms with Crippen LogP contribution in [-0.4, -0.2) is 22.3 Å². The van der Waals surface area contributed by atoms with E-state index < -0.39 is 28.1 Å². The first-order valence-electron chi connectivity index (χ1n) is 8.15. The molecule has 162 valence electrons. The largest absolute Gasteiger partial charge is 0.493 e. The van der Waals surface area contributed by atoms with E-state index in [0.29, 0.717) is 31.4 Å². The highest BCUT2D eigenvalue weighted by Crippen LogP contribution is 2.44. The van der Waals surface area contributed by atoms with E-state index in [2.05, 4.69) is 21.2 Å². The highest BCUT2D eigenvalue weighted by atomic mass is 79.9. The number of rotatable bonds is 5. The van der Waals surface area contributed by atoms with Crippen molar-refractivity contribution in [2.45, 2.75) is 6.18 Å². The predicted octanol–water partition coefficient (Wildman–Crippen LogP) is 5.67. The maximum Gasteiger partial charge on any atom is 0.416 e. The van der Waals surface area contributed by atoms with Gasteiger partial charge in [-0.1, -0.05) is 24.0 Å². The number of nitrogens with one attached hydrogen (secondary N) is 1. The smallest absolute Gasteiger partial charge is 0.416 e. The Morgan fingerprint density at radius 3 is 2.52 bits per heavy atom. The van der Waals surface area contributed by atoms with E-state index in [0.717, 1.165) is 17.8 Å². The first-order chi connectivity index (χ1) is 14.5. The van der Waals surface area contributed by atoms with Gasteiger partial charge in [0.25, 0.3) is 5.91 Å². The molecule has 0 saturated carbocycles. The average Bonchev–Trinajstić information content (AvgIpc) is 2.99. The second-order valence-electron chi connectivity index (χ2n) is 5.93. The molecule has 1 fully saturated rings. The van der Waals surface area contributed by atoms with Gasteiger partial charge in [0.05, 0.1) is 27.0 Å². The van der Waals surface area contributed by atoms with Crippen LogP contribution in [0.1, 0.15) is 11.1 Å². The molecule has 1 saturated heterocycles. The number of carbonyl (C=O) groups excluding carboxylic acids is 1. The molecular formula is C18H10BrF3N2O5S2. The highest BCUT2D eigenvalue weighted by molar-refractivity contribution is 9.10. The van der Waals surface area contributed by atoms with Gasteiger partial charge >= 0.3 is 11.9 Å². The Morgan fingerprint density at radius 2 is 1.97 bits per heavy atom. The number of thiocarbonyl (C=S) groups is 1. The van der Waals surface area contributed by atoms with Gasteiger partial charge in [-0.2, -0.15) is 13.2 Å². The number of nitrogens with zero attached hydrogens (tertiary/aromatic N) is 1. The molecule has 1 heterocycles. The summed E-state index contributed by atoms with van der Waals surface area (Å²) in [5, 5.41) is 13.8. The lowest BCUT2D eigenvalue weighted by molar-refractivity contribution is -0.385. The normalized spacial score (nSPS) is 15.2. The average molecular weight is 535 g/mol. The predicted molar refractivity (Wildman–Crippen MR) is 115 cm³/mol. The monoisotopic (exact) mass is 534 g/mol. The first-order valence-corrected chi connectivity index (χ1v) is 10.2. The van der Waals surface area contributed by atoms with Crippen LogP contribution in [0.5, 0.6) is 17.2 Å². The molecule has 1 N–H and O–H groups in total. The zero-order valence-corrected chi connectivity index (χ0v) is 18.5. The SMILES string of the molecule is COc1cc(/C=C2\SC(=S)NC2=O)cc(Br)c1Oc1ccc(C(F)(F)F)cc1[N+](=O)[O-]. The van der Waals surface area contributed by atoms with Crippen LogP contribution < -0.4 is 14.8 Å². The second kappa shape index (κ2) is 8.85. The molecular weight excluding hydrogens is 525 g/mol. The van der Waals surface area contributed by atoms with E-state index in [1.165, 1.54) is 13.2 Å². The lowest BCUT2D eigenvalue weighted by atomic mass is 10.1. The van der Waals surface area contributed by atoms with Gasteiger partial charge in [0.1, 0.15) is 4.32 Å². The summed E-state index contributed by atoms with van der Waals surface area (Å²) in [6, 6.07) is 4.99. The van der Waals surface area contributed by atoms with E-state index >= 15 is 0 Å². The lowest BCUT2D eigenvalue weighted by Gasteiger charge is -2.14. The van der Waals surface area contributed by atoms with Gasteiger partial charge in [-0.3, -0.25) is 14.9 Å². The molecule has 0 radical (unpaired) electrons. The van der Waals surface area contributed by atoms with Crippen molar-refractivity contribution in [2.24, 2.45) is 0 Å². The number of ether oxygens (including phenoxy) is 2. The minimum absolute atomic E-state index is 0.00607. The fraction of sp³-hybridized carbons (Fsp3) is 0.111. The zero-order valence-electron chi connectivity index (χ0n) is 15.3. The van der Waals surface area contributed by atoms with Crippen LogP contribution in [-0.2, 0) is 11.0 Å². The Kier molecular flexibility index (Phi) is 6.57. The third kappa shape index (κ3) is 5.17. The number of halogens is 4. The molecule has 2 aromatic rings. The molecule has 0 aromatic heterocycles. The van der Waals surface area contributed by atoms with Crippen molar-refractivity contribution in [1.82, 2.24) is 5.32 Å². The third-order valence-corrected chi connectivity index (χ3v) is 5.64. The molecule has 2 aromatic carbocycles. The summed E-state index contributed by atoms with van der Waals surface area (Å²) in [7, 11) is 1.32. The molecule has 0 unspecified atom stereocenters. The zero-order chi connectivity index (χ0) is 22.9. The van der Waals surface area contributed by atoms with Crippen molar-refractivity contribution in [3.05, 3.63) is 61.0 Å². The van der Waals surface area contributed by atoms with E-state index in [1.807, 2.05) is 0 Å². The van der Waals surface area contributed by atoms with Gasteiger partial charge in [0.2, 0.25) is 5.75 Å². The summed E-state index contributed by atoms with van der Waals surface area (Å²) in [6.45, 7) is 0. The molecule has 3 rings (SSSR count). The number of thioether (sulfide) groups is 1. The molecule has 1 amide bonds. The number of nitro groups is 1. The Labute approximate surface area is 190 Å². The summed E-state index contributed by atoms with van der Waals surface area (Å²) < 4.78 is 50.1. The summed E-state index contributed by atoms with van der Waals surface area (Å²) in [5.41, 5.74) is -1.51. The van der Waals surface area contributed by atoms with Gasteiger partial charge in [-0.25, -0.2) is 0 Å². The minimum atomic E-state index is -4.75. The van der Waals surface area contributed by atoms with Gasteiger partial charge in [-0.15, -0.1) is 0 Å². The Balaban J connectivity index is 2.01. The van der Waals surface area contributed by atoms with Crippen LogP contribution in [0.15, 0.2) is 39.7 Å². The number of methoxy groups -OCH3 is 1. The maximum atomic E-state index is 12.9.